The molecular formula is C13H17BrFNO3. The molecule has 0 heterocycles. The molecule has 1 rings (SSSR count). The topological polar surface area (TPSA) is 49.8 Å². The van der Waals surface area contributed by atoms with Gasteiger partial charge in [-0.15, -0.1) is 0 Å². The molecule has 0 aromatic heterocycles. The molecule has 1 aromatic carbocycles. The number of aliphatic hydroxyl groups is 1. The van der Waals surface area contributed by atoms with E-state index in [1.165, 1.54) is 23.1 Å². The van der Waals surface area contributed by atoms with E-state index >= 15 is 0 Å². The van der Waals surface area contributed by atoms with Crippen molar-refractivity contribution in [1.29, 1.82) is 0 Å². The fourth-order valence-corrected chi connectivity index (χ4v) is 2.06. The Balaban J connectivity index is 2.62. The summed E-state index contributed by atoms with van der Waals surface area (Å²) in [4.78, 5) is 13.5. The molecule has 0 saturated heterocycles. The predicted octanol–water partition coefficient (Wildman–Crippen LogP) is 2.20. The summed E-state index contributed by atoms with van der Waals surface area (Å²) in [7, 11) is 0. The lowest BCUT2D eigenvalue weighted by atomic mass is 10.3. The molecule has 6 heteroatoms. The average Bonchev–Trinajstić information content (AvgIpc) is 2.34. The van der Waals surface area contributed by atoms with E-state index in [0.717, 1.165) is 0 Å². The van der Waals surface area contributed by atoms with E-state index in [1.807, 2.05) is 13.8 Å². The zero-order valence-corrected chi connectivity index (χ0v) is 12.5. The van der Waals surface area contributed by atoms with Gasteiger partial charge in [0.05, 0.1) is 11.1 Å². The molecule has 0 spiro atoms. The third-order valence-electron chi connectivity index (χ3n) is 2.53. The molecule has 0 bridgehead atoms. The lowest BCUT2D eigenvalue weighted by Gasteiger charge is -2.25. The number of halogens is 2. The molecule has 0 saturated carbocycles. The second-order valence-electron chi connectivity index (χ2n) is 4.27. The van der Waals surface area contributed by atoms with Crippen molar-refractivity contribution >= 4 is 21.8 Å². The predicted molar refractivity (Wildman–Crippen MR) is 73.5 cm³/mol. The van der Waals surface area contributed by atoms with Crippen LogP contribution in [0, 0.1) is 5.82 Å². The lowest BCUT2D eigenvalue weighted by molar-refractivity contribution is -0.135. The van der Waals surface area contributed by atoms with Gasteiger partial charge in [0.25, 0.3) is 5.91 Å². The molecule has 0 aliphatic rings. The first-order valence-corrected chi connectivity index (χ1v) is 6.73. The summed E-state index contributed by atoms with van der Waals surface area (Å²) in [5, 5.41) is 8.91. The molecule has 1 amide bonds. The van der Waals surface area contributed by atoms with Crippen molar-refractivity contribution in [3.63, 3.8) is 0 Å². The van der Waals surface area contributed by atoms with Crippen LogP contribution >= 0.6 is 15.9 Å². The molecule has 4 nitrogen and oxygen atoms in total. The quantitative estimate of drug-likeness (QED) is 0.868. The maximum Gasteiger partial charge on any atom is 0.260 e. The zero-order chi connectivity index (χ0) is 14.4. The van der Waals surface area contributed by atoms with E-state index in [4.69, 9.17) is 9.84 Å². The standard InChI is InChI=1S/C13H17BrFNO3/c1-9(2)16(5-6-17)13(18)8-19-12-4-3-10(15)7-11(12)14/h3-4,7,9,17H,5-6,8H2,1-2H3. The minimum Gasteiger partial charge on any atom is -0.483 e. The van der Waals surface area contributed by atoms with Gasteiger partial charge >= 0.3 is 0 Å². The van der Waals surface area contributed by atoms with Crippen LogP contribution in [0.5, 0.6) is 5.75 Å². The number of aliphatic hydroxyl groups excluding tert-OH is 1. The van der Waals surface area contributed by atoms with Crippen molar-refractivity contribution in [3.05, 3.63) is 28.5 Å². The first-order valence-electron chi connectivity index (χ1n) is 5.94. The second kappa shape index (κ2) is 7.45. The van der Waals surface area contributed by atoms with Crippen LogP contribution in [0.15, 0.2) is 22.7 Å². The lowest BCUT2D eigenvalue weighted by Crippen LogP contribution is -2.41. The third-order valence-corrected chi connectivity index (χ3v) is 3.15. The number of benzene rings is 1. The molecule has 0 aliphatic heterocycles. The molecule has 106 valence electrons. The van der Waals surface area contributed by atoms with Gasteiger partial charge in [-0.2, -0.15) is 0 Å². The summed E-state index contributed by atoms with van der Waals surface area (Å²) in [6.45, 7) is 3.75. The Bertz CT molecular complexity index is 440. The normalized spacial score (nSPS) is 10.6. The van der Waals surface area contributed by atoms with E-state index in [1.54, 1.807) is 0 Å². The highest BCUT2D eigenvalue weighted by Crippen LogP contribution is 2.25. The summed E-state index contributed by atoms with van der Waals surface area (Å²) in [6.07, 6.45) is 0. The van der Waals surface area contributed by atoms with Gasteiger partial charge < -0.3 is 14.7 Å². The van der Waals surface area contributed by atoms with Gasteiger partial charge in [-0.25, -0.2) is 4.39 Å². The van der Waals surface area contributed by atoms with E-state index in [9.17, 15) is 9.18 Å². The number of ether oxygens (including phenoxy) is 1. The number of amides is 1. The van der Waals surface area contributed by atoms with Crippen LogP contribution in [0.2, 0.25) is 0 Å². The Labute approximate surface area is 120 Å². The van der Waals surface area contributed by atoms with E-state index in [0.29, 0.717) is 10.2 Å². The summed E-state index contributed by atoms with van der Waals surface area (Å²) < 4.78 is 18.7. The average molecular weight is 334 g/mol. The SMILES string of the molecule is CC(C)N(CCO)C(=O)COc1ccc(F)cc1Br. The fraction of sp³-hybridized carbons (Fsp3) is 0.462. The maximum absolute atomic E-state index is 12.9. The highest BCUT2D eigenvalue weighted by atomic mass is 79.9. The van der Waals surface area contributed by atoms with Crippen LogP contribution in [0.1, 0.15) is 13.8 Å². The number of rotatable bonds is 6. The first-order chi connectivity index (χ1) is 8.95. The van der Waals surface area contributed by atoms with Gasteiger partial charge in [0.1, 0.15) is 11.6 Å². The largest absolute Gasteiger partial charge is 0.483 e. The van der Waals surface area contributed by atoms with Crippen LogP contribution in [-0.4, -0.2) is 41.7 Å². The molecule has 0 radical (unpaired) electrons. The highest BCUT2D eigenvalue weighted by molar-refractivity contribution is 9.10. The number of nitrogens with zero attached hydrogens (tertiary/aromatic N) is 1. The van der Waals surface area contributed by atoms with Crippen LogP contribution in [0.25, 0.3) is 0 Å². The Morgan fingerprint density at radius 3 is 2.74 bits per heavy atom. The van der Waals surface area contributed by atoms with E-state index in [-0.39, 0.29) is 37.5 Å². The molecule has 1 N–H and O–H groups in total. The molecular weight excluding hydrogens is 317 g/mol. The van der Waals surface area contributed by atoms with Crippen LogP contribution in [0.4, 0.5) is 4.39 Å². The summed E-state index contributed by atoms with van der Waals surface area (Å²) in [6, 6.07) is 3.98. The summed E-state index contributed by atoms with van der Waals surface area (Å²) in [5.41, 5.74) is 0. The van der Waals surface area contributed by atoms with Gasteiger partial charge in [-0.1, -0.05) is 0 Å². The van der Waals surface area contributed by atoms with Crippen LogP contribution < -0.4 is 4.74 Å². The zero-order valence-electron chi connectivity index (χ0n) is 10.9. The van der Waals surface area contributed by atoms with Gasteiger partial charge in [-0.05, 0) is 48.0 Å². The van der Waals surface area contributed by atoms with Crippen molar-refractivity contribution in [2.75, 3.05) is 19.8 Å². The van der Waals surface area contributed by atoms with Gasteiger partial charge in [-0.3, -0.25) is 4.79 Å². The third kappa shape index (κ3) is 4.80. The first kappa shape index (κ1) is 15.9. The van der Waals surface area contributed by atoms with Crippen molar-refractivity contribution in [1.82, 2.24) is 4.90 Å². The van der Waals surface area contributed by atoms with E-state index < -0.39 is 0 Å². The number of hydrogen-bond acceptors (Lipinski definition) is 3. The number of carbonyl (C=O) groups excluding carboxylic acids is 1. The fourth-order valence-electron chi connectivity index (χ4n) is 1.59. The number of hydrogen-bond donors (Lipinski definition) is 1. The number of carbonyl (C=O) groups is 1. The summed E-state index contributed by atoms with van der Waals surface area (Å²) >= 11 is 3.16. The molecule has 1 aromatic rings. The molecule has 19 heavy (non-hydrogen) atoms. The highest BCUT2D eigenvalue weighted by Gasteiger charge is 2.17. The van der Waals surface area contributed by atoms with Gasteiger partial charge in [0.2, 0.25) is 0 Å². The Morgan fingerprint density at radius 1 is 1.53 bits per heavy atom. The second-order valence-corrected chi connectivity index (χ2v) is 5.12. The van der Waals surface area contributed by atoms with E-state index in [2.05, 4.69) is 15.9 Å². The van der Waals surface area contributed by atoms with Crippen molar-refractivity contribution < 1.29 is 19.0 Å². The Hall–Kier alpha value is -1.14. The van der Waals surface area contributed by atoms with Crippen LogP contribution in [-0.2, 0) is 4.79 Å². The summed E-state index contributed by atoms with van der Waals surface area (Å²) in [5.74, 6) is -0.197. The Kier molecular flexibility index (Phi) is 6.24. The van der Waals surface area contributed by atoms with Gasteiger partial charge in [0, 0.05) is 12.6 Å². The van der Waals surface area contributed by atoms with Crippen LogP contribution in [0.3, 0.4) is 0 Å². The van der Waals surface area contributed by atoms with Crippen molar-refractivity contribution in [2.24, 2.45) is 0 Å². The van der Waals surface area contributed by atoms with Crippen molar-refractivity contribution in [2.45, 2.75) is 19.9 Å². The minimum atomic E-state index is -0.380. The molecule has 0 aliphatic carbocycles. The maximum atomic E-state index is 12.9. The minimum absolute atomic E-state index is 0.0140. The Morgan fingerprint density at radius 2 is 2.21 bits per heavy atom. The molecule has 0 fully saturated rings. The molecule has 0 atom stereocenters. The molecule has 0 unspecified atom stereocenters. The monoisotopic (exact) mass is 333 g/mol. The van der Waals surface area contributed by atoms with Gasteiger partial charge in [0.15, 0.2) is 6.61 Å². The van der Waals surface area contributed by atoms with Crippen molar-refractivity contribution in [3.8, 4) is 5.75 Å². The smallest absolute Gasteiger partial charge is 0.260 e.